The summed E-state index contributed by atoms with van der Waals surface area (Å²) in [6, 6.07) is 0. The average molecular weight is 312 g/mol. The van der Waals surface area contributed by atoms with E-state index in [4.69, 9.17) is 11.6 Å². The van der Waals surface area contributed by atoms with E-state index in [1.54, 1.807) is 0 Å². The van der Waals surface area contributed by atoms with Gasteiger partial charge in [0.05, 0.1) is 0 Å². The van der Waals surface area contributed by atoms with Crippen LogP contribution in [0.2, 0.25) is 5.15 Å². The van der Waals surface area contributed by atoms with Crippen LogP contribution >= 0.6 is 11.6 Å². The summed E-state index contributed by atoms with van der Waals surface area (Å²) < 4.78 is 0. The molecule has 1 aromatic heterocycles. The van der Waals surface area contributed by atoms with E-state index in [1.165, 1.54) is 0 Å². The number of aromatic amines is 1. The number of hydrogen-bond donors (Lipinski definition) is 1. The molecular weight excluding hydrogens is 303 g/mol. The summed E-state index contributed by atoms with van der Waals surface area (Å²) in [7, 11) is 0. The molecule has 0 fully saturated rings. The molecule has 0 atom stereocenters. The number of hydrogen-bond acceptors (Lipinski definition) is 2. The van der Waals surface area contributed by atoms with Crippen molar-refractivity contribution in [3.8, 4) is 0 Å². The van der Waals surface area contributed by atoms with Crippen LogP contribution in [0.15, 0.2) is 4.79 Å². The van der Waals surface area contributed by atoms with Crippen LogP contribution in [-0.2, 0) is 57.7 Å². The molecule has 1 rings (SSSR count). The first kappa shape index (κ1) is 19.4. The van der Waals surface area contributed by atoms with Gasteiger partial charge in [-0.05, 0) is 17.3 Å². The molecule has 6 heteroatoms. The molecule has 0 bridgehead atoms. The molecule has 0 aliphatic carbocycles. The van der Waals surface area contributed by atoms with E-state index in [1.807, 2.05) is 6.92 Å². The van der Waals surface area contributed by atoms with E-state index < -0.39 is 0 Å². The third kappa shape index (κ3) is 6.03. The fourth-order valence-electron chi connectivity index (χ4n) is 0.618. The van der Waals surface area contributed by atoms with Crippen LogP contribution in [-0.4, -0.2) is 9.97 Å². The topological polar surface area (TPSA) is 45.8 Å². The number of rotatable bonds is 1. The molecule has 1 aromatic rings. The van der Waals surface area contributed by atoms with Gasteiger partial charge in [-0.3, -0.25) is 4.79 Å². The minimum Gasteiger partial charge on any atom is -0.435 e. The van der Waals surface area contributed by atoms with Crippen LogP contribution in [0.3, 0.4) is 0 Å². The first-order valence-corrected chi connectivity index (χ1v) is 3.28. The second kappa shape index (κ2) is 9.41. The van der Waals surface area contributed by atoms with E-state index in [9.17, 15) is 4.79 Å². The predicted octanol–water partition coefficient (Wildman–Crippen LogP) is 1.23. The van der Waals surface area contributed by atoms with Gasteiger partial charge < -0.3 is 17.4 Å². The van der Waals surface area contributed by atoms with E-state index >= 15 is 0 Å². The molecular formula is C7H9ClN2OVY-2. The molecule has 3 nitrogen and oxygen atoms in total. The summed E-state index contributed by atoms with van der Waals surface area (Å²) >= 11 is 5.58. The molecule has 1 N–H and O–H groups in total. The van der Waals surface area contributed by atoms with E-state index in [0.717, 1.165) is 0 Å². The average Bonchev–Trinajstić information content (AvgIpc) is 1.94. The van der Waals surface area contributed by atoms with Crippen molar-refractivity contribution in [3.63, 3.8) is 0 Å². The number of halogens is 1. The second-order valence-electron chi connectivity index (χ2n) is 1.80. The molecule has 13 heavy (non-hydrogen) atoms. The summed E-state index contributed by atoms with van der Waals surface area (Å²) in [5.74, 6) is 0. The fraction of sp³-hybridized carbons (Fsp3) is 0.286. The molecule has 0 amide bonds. The largest absolute Gasteiger partial charge is 0.435 e. The molecule has 0 saturated heterocycles. The van der Waals surface area contributed by atoms with Gasteiger partial charge in [-0.15, -0.1) is 0 Å². The summed E-state index contributed by atoms with van der Waals surface area (Å²) in [5, 5.41) is 0.321. The van der Waals surface area contributed by atoms with Gasteiger partial charge in [0.15, 0.2) is 5.56 Å². The van der Waals surface area contributed by atoms with Crippen LogP contribution in [0.4, 0.5) is 0 Å². The summed E-state index contributed by atoms with van der Waals surface area (Å²) in [4.78, 5) is 16.6. The quantitative estimate of drug-likeness (QED) is 0.793. The summed E-state index contributed by atoms with van der Waals surface area (Å²) in [6.45, 7) is 1.89. The number of aromatic nitrogens is 2. The van der Waals surface area contributed by atoms with E-state index in [-0.39, 0.29) is 64.3 Å². The van der Waals surface area contributed by atoms with E-state index in [2.05, 4.69) is 16.2 Å². The second-order valence-corrected chi connectivity index (χ2v) is 2.16. The Morgan fingerprint density at radius 2 is 2.15 bits per heavy atom. The van der Waals surface area contributed by atoms with Crippen LogP contribution in [0, 0.1) is 13.6 Å². The van der Waals surface area contributed by atoms with Gasteiger partial charge in [0.25, 0.3) is 0 Å². The molecule has 0 unspecified atom stereocenters. The van der Waals surface area contributed by atoms with Gasteiger partial charge in [0.2, 0.25) is 0 Å². The van der Waals surface area contributed by atoms with Gasteiger partial charge in [-0.1, -0.05) is 13.1 Å². The molecule has 70 valence electrons. The van der Waals surface area contributed by atoms with Crippen LogP contribution in [0.25, 0.3) is 0 Å². The smallest absolute Gasteiger partial charge is 0.174 e. The molecule has 0 spiro atoms. The van der Waals surface area contributed by atoms with Crippen molar-refractivity contribution in [2.24, 2.45) is 0 Å². The van der Waals surface area contributed by atoms with Crippen molar-refractivity contribution in [3.05, 3.63) is 34.8 Å². The van der Waals surface area contributed by atoms with Crippen molar-refractivity contribution in [2.75, 3.05) is 0 Å². The maximum Gasteiger partial charge on any atom is 0.174 e. The number of nitrogens with zero attached hydrogens (tertiary/aromatic N) is 1. The number of aryl methyl sites for hydroxylation is 1. The van der Waals surface area contributed by atoms with Gasteiger partial charge >= 0.3 is 0 Å². The van der Waals surface area contributed by atoms with Crippen molar-refractivity contribution in [2.45, 2.75) is 13.3 Å². The Labute approximate surface area is 120 Å². The fourth-order valence-corrected chi connectivity index (χ4v) is 0.841. The Bertz CT molecular complexity index is 292. The number of H-pyrrole nitrogens is 1. The Morgan fingerprint density at radius 1 is 1.62 bits per heavy atom. The SMILES string of the molecule is CCc1[nH]c(=O)[c-]nc1Cl.[CH3-].[V].[Y]. The minimum atomic E-state index is -0.332. The first-order chi connectivity index (χ1) is 4.74. The maximum absolute atomic E-state index is 10.6. The minimum absolute atomic E-state index is 0. The van der Waals surface area contributed by atoms with E-state index in [0.29, 0.717) is 17.3 Å². The maximum atomic E-state index is 10.6. The normalized spacial score (nSPS) is 7.54. The van der Waals surface area contributed by atoms with Gasteiger partial charge in [0.1, 0.15) is 0 Å². The van der Waals surface area contributed by atoms with Crippen LogP contribution in [0.1, 0.15) is 12.6 Å². The molecule has 0 saturated carbocycles. The molecule has 2 radical (unpaired) electrons. The molecule has 0 aliphatic heterocycles. The molecule has 1 heterocycles. The van der Waals surface area contributed by atoms with Crippen molar-refractivity contribution in [1.82, 2.24) is 9.97 Å². The number of nitrogens with one attached hydrogen (secondary N) is 1. The summed E-state index contributed by atoms with van der Waals surface area (Å²) in [6.07, 6.45) is 2.86. The van der Waals surface area contributed by atoms with Crippen molar-refractivity contribution >= 4 is 11.6 Å². The summed E-state index contributed by atoms with van der Waals surface area (Å²) in [5.41, 5.74) is 0.326. The monoisotopic (exact) mass is 312 g/mol. The molecule has 0 aromatic carbocycles. The van der Waals surface area contributed by atoms with Crippen LogP contribution < -0.4 is 5.56 Å². The van der Waals surface area contributed by atoms with Gasteiger partial charge in [-0.2, -0.15) is 11.6 Å². The zero-order chi connectivity index (χ0) is 7.56. The molecule has 0 aliphatic rings. The van der Waals surface area contributed by atoms with Crippen molar-refractivity contribution in [1.29, 1.82) is 0 Å². The van der Waals surface area contributed by atoms with Crippen molar-refractivity contribution < 1.29 is 51.3 Å². The first-order valence-electron chi connectivity index (χ1n) is 2.90. The standard InChI is InChI=1S/C6H6ClN2O.CH3.V.Y/c1-2-4-6(7)8-3-5(10)9-4;;;/h2H2,1H3,(H,9,10);1H3;;/q2*-1;;. The Balaban J connectivity index is -0.000000333. The Morgan fingerprint density at radius 3 is 2.54 bits per heavy atom. The van der Waals surface area contributed by atoms with Crippen LogP contribution in [0.5, 0.6) is 0 Å². The zero-order valence-electron chi connectivity index (χ0n) is 7.47. The predicted molar refractivity (Wildman–Crippen MR) is 44.5 cm³/mol. The zero-order valence-corrected chi connectivity index (χ0v) is 12.5. The van der Waals surface area contributed by atoms with Gasteiger partial charge in [0, 0.05) is 51.3 Å². The third-order valence-corrected chi connectivity index (χ3v) is 1.44. The Kier molecular flexibility index (Phi) is 14.1. The Hall–Kier alpha value is 0.858. The third-order valence-electron chi connectivity index (χ3n) is 1.12. The van der Waals surface area contributed by atoms with Gasteiger partial charge in [-0.25, -0.2) is 0 Å².